The minimum Gasteiger partial charge on any atom is -0.410 e. The first-order chi connectivity index (χ1) is 11.6. The van der Waals surface area contributed by atoms with Crippen molar-refractivity contribution in [3.05, 3.63) is 29.2 Å². The van der Waals surface area contributed by atoms with Crippen LogP contribution in [0.2, 0.25) is 0 Å². The molecule has 0 saturated heterocycles. The van der Waals surface area contributed by atoms with E-state index >= 15 is 0 Å². The standard InChI is InChI=1S/C17H21N3O2S2/c1-4-7-18-15(21)11(3)23-17-20-19-16(22-17)14-9-12-8-10(2)5-6-13(12)24-14/h4,9-11H,1,5-8H2,2-3H3,(H,18,21)/t10-,11-/m1/s1. The third-order valence-corrected chi connectivity index (χ3v) is 6.17. The molecule has 0 saturated carbocycles. The highest BCUT2D eigenvalue weighted by molar-refractivity contribution is 8.00. The van der Waals surface area contributed by atoms with Gasteiger partial charge in [0, 0.05) is 11.4 Å². The maximum Gasteiger partial charge on any atom is 0.277 e. The van der Waals surface area contributed by atoms with E-state index in [4.69, 9.17) is 4.42 Å². The van der Waals surface area contributed by atoms with Gasteiger partial charge in [-0.1, -0.05) is 24.8 Å². The van der Waals surface area contributed by atoms with Gasteiger partial charge < -0.3 is 9.73 Å². The quantitative estimate of drug-likeness (QED) is 0.626. The summed E-state index contributed by atoms with van der Waals surface area (Å²) < 4.78 is 5.75. The second-order valence-corrected chi connectivity index (χ2v) is 8.50. The third kappa shape index (κ3) is 3.89. The molecule has 0 unspecified atom stereocenters. The van der Waals surface area contributed by atoms with Gasteiger partial charge in [0.15, 0.2) is 0 Å². The van der Waals surface area contributed by atoms with Crippen molar-refractivity contribution in [1.82, 2.24) is 15.5 Å². The zero-order valence-electron chi connectivity index (χ0n) is 13.9. The Morgan fingerprint density at radius 3 is 3.25 bits per heavy atom. The van der Waals surface area contributed by atoms with Gasteiger partial charge in [0.2, 0.25) is 5.91 Å². The van der Waals surface area contributed by atoms with Crippen LogP contribution < -0.4 is 5.32 Å². The summed E-state index contributed by atoms with van der Waals surface area (Å²) in [5.41, 5.74) is 1.42. The Balaban J connectivity index is 1.67. The number of aryl methyl sites for hydroxylation is 1. The van der Waals surface area contributed by atoms with Crippen molar-refractivity contribution < 1.29 is 9.21 Å². The van der Waals surface area contributed by atoms with Crippen LogP contribution in [0.5, 0.6) is 0 Å². The van der Waals surface area contributed by atoms with Crippen molar-refractivity contribution in [3.63, 3.8) is 0 Å². The Morgan fingerprint density at radius 1 is 1.62 bits per heavy atom. The number of aromatic nitrogens is 2. The number of hydrogen-bond donors (Lipinski definition) is 1. The maximum absolute atomic E-state index is 11.9. The van der Waals surface area contributed by atoms with Crippen LogP contribution in [0.25, 0.3) is 10.8 Å². The zero-order valence-corrected chi connectivity index (χ0v) is 15.5. The van der Waals surface area contributed by atoms with Crippen LogP contribution >= 0.6 is 23.1 Å². The lowest BCUT2D eigenvalue weighted by Crippen LogP contribution is -2.30. The fourth-order valence-corrected chi connectivity index (χ4v) is 4.53. The van der Waals surface area contributed by atoms with Crippen molar-refractivity contribution in [2.75, 3.05) is 6.54 Å². The van der Waals surface area contributed by atoms with E-state index in [9.17, 15) is 4.79 Å². The van der Waals surface area contributed by atoms with Crippen molar-refractivity contribution in [2.24, 2.45) is 5.92 Å². The van der Waals surface area contributed by atoms with E-state index in [1.807, 2.05) is 6.92 Å². The Kier molecular flexibility index (Phi) is 5.40. The Bertz CT molecular complexity index is 738. The Labute approximate surface area is 149 Å². The molecule has 7 heteroatoms. The van der Waals surface area contributed by atoms with E-state index in [0.717, 1.165) is 23.6 Å². The number of carbonyl (C=O) groups is 1. The van der Waals surface area contributed by atoms with Crippen LogP contribution in [0.1, 0.15) is 30.7 Å². The molecule has 5 nitrogen and oxygen atoms in total. The third-order valence-electron chi connectivity index (χ3n) is 4.01. The molecule has 2 aromatic heterocycles. The number of fused-ring (bicyclic) bond motifs is 1. The van der Waals surface area contributed by atoms with E-state index in [2.05, 4.69) is 35.1 Å². The molecule has 0 aromatic carbocycles. The highest BCUT2D eigenvalue weighted by Gasteiger charge is 2.22. The monoisotopic (exact) mass is 363 g/mol. The lowest BCUT2D eigenvalue weighted by molar-refractivity contribution is -0.120. The summed E-state index contributed by atoms with van der Waals surface area (Å²) in [5.74, 6) is 1.21. The summed E-state index contributed by atoms with van der Waals surface area (Å²) in [6, 6.07) is 2.18. The van der Waals surface area contributed by atoms with Gasteiger partial charge in [-0.05, 0) is 43.7 Å². The summed E-state index contributed by atoms with van der Waals surface area (Å²) in [5, 5.41) is 11.1. The van der Waals surface area contributed by atoms with Gasteiger partial charge >= 0.3 is 0 Å². The number of carbonyl (C=O) groups excluding carboxylic acids is 1. The van der Waals surface area contributed by atoms with E-state index in [1.54, 1.807) is 17.4 Å². The SMILES string of the molecule is C=CCNC(=O)[C@@H](C)Sc1nnc(-c2cc3c(s2)CC[C@@H](C)C3)o1. The van der Waals surface area contributed by atoms with Gasteiger partial charge in [0.1, 0.15) is 0 Å². The maximum atomic E-state index is 11.9. The summed E-state index contributed by atoms with van der Waals surface area (Å²) >= 11 is 3.02. The van der Waals surface area contributed by atoms with E-state index in [1.165, 1.54) is 28.6 Å². The molecule has 3 rings (SSSR count). The second kappa shape index (κ2) is 7.53. The first kappa shape index (κ1) is 17.2. The van der Waals surface area contributed by atoms with Crippen molar-refractivity contribution in [3.8, 4) is 10.8 Å². The van der Waals surface area contributed by atoms with Gasteiger partial charge in [-0.2, -0.15) is 0 Å². The molecule has 2 aromatic rings. The largest absolute Gasteiger partial charge is 0.410 e. The Morgan fingerprint density at radius 2 is 2.46 bits per heavy atom. The number of amides is 1. The molecule has 2 heterocycles. The average molecular weight is 364 g/mol. The summed E-state index contributed by atoms with van der Waals surface area (Å²) in [6.45, 7) is 8.15. The molecule has 0 fully saturated rings. The number of nitrogens with zero attached hydrogens (tertiary/aromatic N) is 2. The van der Waals surface area contributed by atoms with Crippen LogP contribution in [0, 0.1) is 5.92 Å². The highest BCUT2D eigenvalue weighted by Crippen LogP contribution is 2.37. The number of rotatable bonds is 6. The average Bonchev–Trinajstić information content (AvgIpc) is 3.18. The molecule has 24 heavy (non-hydrogen) atoms. The highest BCUT2D eigenvalue weighted by atomic mass is 32.2. The number of thioether (sulfide) groups is 1. The first-order valence-corrected chi connectivity index (χ1v) is 9.77. The van der Waals surface area contributed by atoms with Gasteiger partial charge in [0.25, 0.3) is 11.1 Å². The van der Waals surface area contributed by atoms with Crippen LogP contribution in [-0.2, 0) is 17.6 Å². The number of thiophene rings is 1. The lowest BCUT2D eigenvalue weighted by Gasteiger charge is -2.16. The van der Waals surface area contributed by atoms with E-state index in [0.29, 0.717) is 17.7 Å². The van der Waals surface area contributed by atoms with Crippen LogP contribution in [-0.4, -0.2) is 27.9 Å². The van der Waals surface area contributed by atoms with Gasteiger partial charge in [-0.3, -0.25) is 4.79 Å². The zero-order chi connectivity index (χ0) is 17.1. The second-order valence-electron chi connectivity index (χ2n) is 6.07. The minimum atomic E-state index is -0.296. The molecule has 0 radical (unpaired) electrons. The van der Waals surface area contributed by atoms with Gasteiger partial charge in [-0.25, -0.2) is 0 Å². The van der Waals surface area contributed by atoms with Crippen molar-refractivity contribution in [1.29, 1.82) is 0 Å². The summed E-state index contributed by atoms with van der Waals surface area (Å²) in [4.78, 5) is 14.3. The topological polar surface area (TPSA) is 68.0 Å². The fourth-order valence-electron chi connectivity index (χ4n) is 2.69. The predicted molar refractivity (Wildman–Crippen MR) is 97.3 cm³/mol. The molecule has 1 aliphatic rings. The molecular formula is C17H21N3O2S2. The molecule has 0 bridgehead atoms. The molecule has 0 spiro atoms. The molecule has 0 aliphatic heterocycles. The van der Waals surface area contributed by atoms with Crippen LogP contribution in [0.3, 0.4) is 0 Å². The van der Waals surface area contributed by atoms with Crippen LogP contribution in [0.15, 0.2) is 28.4 Å². The van der Waals surface area contributed by atoms with Gasteiger partial charge in [-0.15, -0.1) is 28.1 Å². The predicted octanol–water partition coefficient (Wildman–Crippen LogP) is 3.71. The first-order valence-electron chi connectivity index (χ1n) is 8.07. The fraction of sp³-hybridized carbons (Fsp3) is 0.471. The molecule has 128 valence electrons. The number of hydrogen-bond acceptors (Lipinski definition) is 6. The minimum absolute atomic E-state index is 0.0692. The summed E-state index contributed by atoms with van der Waals surface area (Å²) in [6.07, 6.45) is 5.16. The van der Waals surface area contributed by atoms with Gasteiger partial charge in [0.05, 0.1) is 10.1 Å². The molecule has 2 atom stereocenters. The Hall–Kier alpha value is -1.60. The molecule has 1 amide bonds. The molecule has 1 aliphatic carbocycles. The number of nitrogens with one attached hydrogen (secondary N) is 1. The summed E-state index contributed by atoms with van der Waals surface area (Å²) in [7, 11) is 0. The molecular weight excluding hydrogens is 342 g/mol. The lowest BCUT2D eigenvalue weighted by atomic mass is 9.90. The smallest absolute Gasteiger partial charge is 0.277 e. The van der Waals surface area contributed by atoms with E-state index in [-0.39, 0.29) is 11.2 Å². The van der Waals surface area contributed by atoms with Crippen LogP contribution in [0.4, 0.5) is 0 Å². The van der Waals surface area contributed by atoms with Crippen molar-refractivity contribution in [2.45, 2.75) is 43.6 Å². The van der Waals surface area contributed by atoms with Crippen molar-refractivity contribution >= 4 is 29.0 Å². The van der Waals surface area contributed by atoms with E-state index < -0.39 is 0 Å². The normalized spacial score (nSPS) is 18.0. The molecule has 1 N–H and O–H groups in total.